The van der Waals surface area contributed by atoms with Crippen LogP contribution >= 0.6 is 0 Å². The van der Waals surface area contributed by atoms with E-state index in [1.807, 2.05) is 30.3 Å². The summed E-state index contributed by atoms with van der Waals surface area (Å²) in [6, 6.07) is 10.1. The van der Waals surface area contributed by atoms with Crippen LogP contribution in [0.2, 0.25) is 0 Å². The first-order valence-electron chi connectivity index (χ1n) is 7.13. The van der Waals surface area contributed by atoms with Gasteiger partial charge in [0.2, 0.25) is 0 Å². The molecule has 1 aromatic rings. The number of amidine groups is 1. The minimum absolute atomic E-state index is 0.0601. The zero-order valence-electron chi connectivity index (χ0n) is 11.8. The summed E-state index contributed by atoms with van der Waals surface area (Å²) in [6.45, 7) is 1.15. The number of nitrogens with zero attached hydrogens (tertiary/aromatic N) is 1. The quantitative estimate of drug-likeness (QED) is 0.173. The highest BCUT2D eigenvalue weighted by Crippen LogP contribution is 2.16. The van der Waals surface area contributed by atoms with Gasteiger partial charge in [0.05, 0.1) is 0 Å². The van der Waals surface area contributed by atoms with E-state index in [9.17, 15) is 0 Å². The highest BCUT2D eigenvalue weighted by Gasteiger charge is 2.12. The Morgan fingerprint density at radius 3 is 2.50 bits per heavy atom. The molecule has 0 spiro atoms. The highest BCUT2D eigenvalue weighted by atomic mass is 16.4. The van der Waals surface area contributed by atoms with Crippen molar-refractivity contribution in [3.8, 4) is 0 Å². The molecule has 112 valence electrons. The first-order valence-corrected chi connectivity index (χ1v) is 7.13. The number of nitrogens with one attached hydrogen (secondary N) is 1. The number of hydrogen-bond donors (Lipinski definition) is 4. The Bertz CT molecular complexity index is 382. The van der Waals surface area contributed by atoms with Crippen LogP contribution in [0.1, 0.15) is 43.7 Å². The first-order chi connectivity index (χ1) is 9.77. The summed E-state index contributed by atoms with van der Waals surface area (Å²) in [4.78, 5) is 0. The normalized spacial score (nSPS) is 13.3. The van der Waals surface area contributed by atoms with Gasteiger partial charge in [-0.2, -0.15) is 0 Å². The average molecular weight is 279 g/mol. The van der Waals surface area contributed by atoms with E-state index in [-0.39, 0.29) is 18.5 Å². The number of rotatable bonds is 10. The van der Waals surface area contributed by atoms with Gasteiger partial charge in [0.15, 0.2) is 0 Å². The maximum atomic E-state index is 8.72. The minimum Gasteiger partial charge on any atom is -0.409 e. The van der Waals surface area contributed by atoms with Crippen LogP contribution in [0.3, 0.4) is 0 Å². The molecule has 0 heterocycles. The molecule has 5 nitrogen and oxygen atoms in total. The Labute approximate surface area is 120 Å². The lowest BCUT2D eigenvalue weighted by molar-refractivity contribution is 0.282. The monoisotopic (exact) mass is 279 g/mol. The van der Waals surface area contributed by atoms with E-state index < -0.39 is 0 Å². The molecule has 0 aromatic heterocycles. The van der Waals surface area contributed by atoms with E-state index in [1.54, 1.807) is 0 Å². The number of nitrogens with two attached hydrogens (primary N) is 1. The molecule has 5 N–H and O–H groups in total. The molecule has 1 atom stereocenters. The fourth-order valence-corrected chi connectivity index (χ4v) is 2.11. The van der Waals surface area contributed by atoms with Crippen LogP contribution in [0, 0.1) is 0 Å². The summed E-state index contributed by atoms with van der Waals surface area (Å²) in [6.07, 6.45) is 4.55. The molecule has 0 saturated heterocycles. The summed E-state index contributed by atoms with van der Waals surface area (Å²) in [5, 5.41) is 23.9. The van der Waals surface area contributed by atoms with Crippen LogP contribution < -0.4 is 11.1 Å². The zero-order valence-corrected chi connectivity index (χ0v) is 11.8. The summed E-state index contributed by atoms with van der Waals surface area (Å²) in [5.74, 6) is 0.228. The molecule has 0 fully saturated rings. The second-order valence-corrected chi connectivity index (χ2v) is 4.85. The number of hydrogen-bond acceptors (Lipinski definition) is 4. The van der Waals surface area contributed by atoms with Crippen LogP contribution in [0.15, 0.2) is 35.5 Å². The molecule has 0 aliphatic heterocycles. The number of benzene rings is 1. The van der Waals surface area contributed by atoms with Crippen molar-refractivity contribution in [3.63, 3.8) is 0 Å². The van der Waals surface area contributed by atoms with Crippen molar-refractivity contribution in [3.05, 3.63) is 35.9 Å². The summed E-state index contributed by atoms with van der Waals surface area (Å²) in [7, 11) is 0. The van der Waals surface area contributed by atoms with Gasteiger partial charge in [-0.1, -0.05) is 48.3 Å². The first kappa shape index (κ1) is 16.5. The third-order valence-corrected chi connectivity index (χ3v) is 3.22. The van der Waals surface area contributed by atoms with Gasteiger partial charge in [-0.25, -0.2) is 0 Å². The molecule has 1 unspecified atom stereocenters. The van der Waals surface area contributed by atoms with E-state index in [2.05, 4.69) is 10.5 Å². The molecule has 0 bridgehead atoms. The number of oxime groups is 1. The van der Waals surface area contributed by atoms with Crippen LogP contribution in [-0.4, -0.2) is 29.3 Å². The average Bonchev–Trinajstić information content (AvgIpc) is 2.50. The topological polar surface area (TPSA) is 90.9 Å². The predicted octanol–water partition coefficient (Wildman–Crippen LogP) is 2.01. The Balaban J connectivity index is 2.43. The summed E-state index contributed by atoms with van der Waals surface area (Å²) < 4.78 is 0. The van der Waals surface area contributed by atoms with Gasteiger partial charge in [0.1, 0.15) is 5.84 Å². The van der Waals surface area contributed by atoms with E-state index in [1.165, 1.54) is 0 Å². The van der Waals surface area contributed by atoms with Gasteiger partial charge in [-0.05, 0) is 24.9 Å². The van der Waals surface area contributed by atoms with Gasteiger partial charge in [0, 0.05) is 19.1 Å². The minimum atomic E-state index is 0.0601. The molecule has 5 heteroatoms. The molecular formula is C15H25N3O2. The second-order valence-electron chi connectivity index (χ2n) is 4.85. The van der Waals surface area contributed by atoms with Crippen molar-refractivity contribution >= 4 is 5.84 Å². The zero-order chi connectivity index (χ0) is 14.6. The molecule has 0 radical (unpaired) electrons. The number of aliphatic hydroxyl groups is 1. The lowest BCUT2D eigenvalue weighted by Gasteiger charge is -2.18. The Kier molecular flexibility index (Phi) is 8.42. The SMILES string of the molecule is N/C(CC(NCCCCCCO)c1ccccc1)=N/O. The van der Waals surface area contributed by atoms with Gasteiger partial charge in [-0.3, -0.25) is 0 Å². The van der Waals surface area contributed by atoms with Gasteiger partial charge >= 0.3 is 0 Å². The van der Waals surface area contributed by atoms with Crippen molar-refractivity contribution in [1.29, 1.82) is 0 Å². The summed E-state index contributed by atoms with van der Waals surface area (Å²) >= 11 is 0. The van der Waals surface area contributed by atoms with Crippen LogP contribution in [0.5, 0.6) is 0 Å². The van der Waals surface area contributed by atoms with E-state index >= 15 is 0 Å². The van der Waals surface area contributed by atoms with Crippen molar-refractivity contribution in [2.75, 3.05) is 13.2 Å². The van der Waals surface area contributed by atoms with Crippen molar-refractivity contribution in [1.82, 2.24) is 5.32 Å². The molecular weight excluding hydrogens is 254 g/mol. The largest absolute Gasteiger partial charge is 0.409 e. The highest BCUT2D eigenvalue weighted by molar-refractivity contribution is 5.80. The third kappa shape index (κ3) is 6.54. The molecule has 0 saturated carbocycles. The van der Waals surface area contributed by atoms with Gasteiger partial charge in [-0.15, -0.1) is 0 Å². The fraction of sp³-hybridized carbons (Fsp3) is 0.533. The molecule has 1 rings (SSSR count). The van der Waals surface area contributed by atoms with E-state index in [4.69, 9.17) is 16.0 Å². The van der Waals surface area contributed by atoms with Crippen molar-refractivity contribution < 1.29 is 10.3 Å². The maximum Gasteiger partial charge on any atom is 0.141 e. The number of aliphatic hydroxyl groups excluding tert-OH is 1. The molecule has 0 aliphatic carbocycles. The van der Waals surface area contributed by atoms with Gasteiger partial charge < -0.3 is 21.4 Å². The van der Waals surface area contributed by atoms with Crippen LogP contribution in [-0.2, 0) is 0 Å². The fourth-order valence-electron chi connectivity index (χ4n) is 2.11. The second kappa shape index (κ2) is 10.2. The standard InChI is InChI=1S/C15H25N3O2/c16-15(18-20)12-14(13-8-4-3-5-9-13)17-10-6-1-2-7-11-19/h3-5,8-9,14,17,19-20H,1-2,6-7,10-12H2,(H2,16,18). The molecule has 0 amide bonds. The smallest absolute Gasteiger partial charge is 0.141 e. The van der Waals surface area contributed by atoms with Gasteiger partial charge in [0.25, 0.3) is 0 Å². The van der Waals surface area contributed by atoms with Crippen molar-refractivity contribution in [2.45, 2.75) is 38.1 Å². The summed E-state index contributed by atoms with van der Waals surface area (Å²) in [5.41, 5.74) is 6.75. The van der Waals surface area contributed by atoms with E-state index in [0.717, 1.165) is 37.8 Å². The van der Waals surface area contributed by atoms with Crippen molar-refractivity contribution in [2.24, 2.45) is 10.9 Å². The van der Waals surface area contributed by atoms with Crippen LogP contribution in [0.25, 0.3) is 0 Å². The Morgan fingerprint density at radius 2 is 1.85 bits per heavy atom. The third-order valence-electron chi connectivity index (χ3n) is 3.22. The molecule has 1 aromatic carbocycles. The Morgan fingerprint density at radius 1 is 1.15 bits per heavy atom. The Hall–Kier alpha value is -1.59. The maximum absolute atomic E-state index is 8.72. The van der Waals surface area contributed by atoms with Crippen LogP contribution in [0.4, 0.5) is 0 Å². The predicted molar refractivity (Wildman–Crippen MR) is 80.8 cm³/mol. The molecule has 0 aliphatic rings. The number of unbranched alkanes of at least 4 members (excludes halogenated alkanes) is 3. The van der Waals surface area contributed by atoms with E-state index in [0.29, 0.717) is 6.42 Å². The lowest BCUT2D eigenvalue weighted by atomic mass is 10.0. The molecule has 20 heavy (non-hydrogen) atoms. The lowest BCUT2D eigenvalue weighted by Crippen LogP contribution is -2.27.